The standard InChI is InChI=1S/C19H16ClN3OS/c1-13-2-8-16(9-3-13)22-18(24)12-25-19-21-11-10-17(23-19)14-4-6-15(20)7-5-14/h2-11H,12H2,1H3,(H,22,24). The van der Waals surface area contributed by atoms with Gasteiger partial charge in [-0.2, -0.15) is 0 Å². The van der Waals surface area contributed by atoms with Crippen molar-refractivity contribution in [2.75, 3.05) is 11.1 Å². The minimum absolute atomic E-state index is 0.0886. The fraction of sp³-hybridized carbons (Fsp3) is 0.105. The molecular weight excluding hydrogens is 354 g/mol. The van der Waals surface area contributed by atoms with Gasteiger partial charge in [0.1, 0.15) is 0 Å². The largest absolute Gasteiger partial charge is 0.325 e. The Morgan fingerprint density at radius 1 is 1.08 bits per heavy atom. The molecule has 3 aromatic rings. The van der Waals surface area contributed by atoms with Crippen molar-refractivity contribution in [2.24, 2.45) is 0 Å². The zero-order chi connectivity index (χ0) is 17.6. The van der Waals surface area contributed by atoms with E-state index >= 15 is 0 Å². The van der Waals surface area contributed by atoms with Crippen LogP contribution in [-0.2, 0) is 4.79 Å². The van der Waals surface area contributed by atoms with Crippen LogP contribution in [0, 0.1) is 6.92 Å². The van der Waals surface area contributed by atoms with Gasteiger partial charge < -0.3 is 5.32 Å². The average Bonchev–Trinajstić information content (AvgIpc) is 2.63. The Morgan fingerprint density at radius 2 is 1.80 bits per heavy atom. The van der Waals surface area contributed by atoms with E-state index in [1.165, 1.54) is 11.8 Å². The minimum atomic E-state index is -0.0886. The Labute approximate surface area is 155 Å². The van der Waals surface area contributed by atoms with Crippen LogP contribution in [-0.4, -0.2) is 21.6 Å². The van der Waals surface area contributed by atoms with E-state index < -0.39 is 0 Å². The third-order valence-electron chi connectivity index (χ3n) is 3.44. The summed E-state index contributed by atoms with van der Waals surface area (Å²) in [5.41, 5.74) is 3.69. The molecule has 25 heavy (non-hydrogen) atoms. The van der Waals surface area contributed by atoms with Gasteiger partial charge in [-0.15, -0.1) is 0 Å². The number of rotatable bonds is 5. The predicted molar refractivity (Wildman–Crippen MR) is 103 cm³/mol. The Hall–Kier alpha value is -2.37. The molecule has 0 saturated carbocycles. The van der Waals surface area contributed by atoms with Gasteiger partial charge in [0.05, 0.1) is 11.4 Å². The number of carbonyl (C=O) groups is 1. The first-order valence-electron chi connectivity index (χ1n) is 7.68. The lowest BCUT2D eigenvalue weighted by Gasteiger charge is -2.06. The molecule has 0 bridgehead atoms. The molecule has 1 amide bonds. The Bertz CT molecular complexity index is 867. The second kappa shape index (κ2) is 8.14. The smallest absolute Gasteiger partial charge is 0.234 e. The summed E-state index contributed by atoms with van der Waals surface area (Å²) in [5.74, 6) is 0.159. The number of nitrogens with one attached hydrogen (secondary N) is 1. The van der Waals surface area contributed by atoms with Gasteiger partial charge in [-0.05, 0) is 37.3 Å². The van der Waals surface area contributed by atoms with Crippen LogP contribution >= 0.6 is 23.4 Å². The van der Waals surface area contributed by atoms with Crippen molar-refractivity contribution in [2.45, 2.75) is 12.1 Å². The van der Waals surface area contributed by atoms with E-state index in [2.05, 4.69) is 15.3 Å². The number of halogens is 1. The number of anilines is 1. The van der Waals surface area contributed by atoms with Crippen LogP contribution in [0.1, 0.15) is 5.56 Å². The normalized spacial score (nSPS) is 10.5. The second-order valence-electron chi connectivity index (χ2n) is 5.43. The van der Waals surface area contributed by atoms with Crippen molar-refractivity contribution in [1.82, 2.24) is 9.97 Å². The van der Waals surface area contributed by atoms with Gasteiger partial charge in [0.25, 0.3) is 0 Å². The molecule has 0 aliphatic heterocycles. The molecule has 3 rings (SSSR count). The Balaban J connectivity index is 1.61. The summed E-state index contributed by atoms with van der Waals surface area (Å²) in [4.78, 5) is 20.8. The number of amides is 1. The van der Waals surface area contributed by atoms with Gasteiger partial charge in [0.15, 0.2) is 5.16 Å². The van der Waals surface area contributed by atoms with Crippen molar-refractivity contribution >= 4 is 35.0 Å². The molecule has 0 aliphatic carbocycles. The summed E-state index contributed by atoms with van der Waals surface area (Å²) >= 11 is 7.21. The van der Waals surface area contributed by atoms with Gasteiger partial charge in [-0.25, -0.2) is 9.97 Å². The Morgan fingerprint density at radius 3 is 2.52 bits per heavy atom. The van der Waals surface area contributed by atoms with Crippen LogP contribution in [0.25, 0.3) is 11.3 Å². The Kier molecular flexibility index (Phi) is 5.68. The first-order chi connectivity index (χ1) is 12.1. The van der Waals surface area contributed by atoms with Gasteiger partial charge in [-0.3, -0.25) is 4.79 Å². The van der Waals surface area contributed by atoms with Gasteiger partial charge in [-0.1, -0.05) is 53.2 Å². The number of aromatic nitrogens is 2. The van der Waals surface area contributed by atoms with Crippen molar-refractivity contribution in [3.63, 3.8) is 0 Å². The highest BCUT2D eigenvalue weighted by Gasteiger charge is 2.07. The van der Waals surface area contributed by atoms with E-state index in [0.29, 0.717) is 10.2 Å². The van der Waals surface area contributed by atoms with Gasteiger partial charge in [0, 0.05) is 22.5 Å². The molecule has 0 atom stereocenters. The van der Waals surface area contributed by atoms with Crippen molar-refractivity contribution in [3.05, 3.63) is 71.4 Å². The third kappa shape index (κ3) is 5.05. The molecule has 0 aliphatic rings. The number of thioether (sulfide) groups is 1. The van der Waals surface area contributed by atoms with Crippen LogP contribution in [0.15, 0.2) is 66.0 Å². The molecule has 1 N–H and O–H groups in total. The lowest BCUT2D eigenvalue weighted by Crippen LogP contribution is -2.14. The fourth-order valence-corrected chi connectivity index (χ4v) is 2.91. The lowest BCUT2D eigenvalue weighted by atomic mass is 10.1. The zero-order valence-corrected chi connectivity index (χ0v) is 15.1. The quantitative estimate of drug-likeness (QED) is 0.516. The fourth-order valence-electron chi connectivity index (χ4n) is 2.16. The maximum absolute atomic E-state index is 12.1. The molecule has 0 radical (unpaired) electrons. The van der Waals surface area contributed by atoms with Crippen molar-refractivity contribution in [1.29, 1.82) is 0 Å². The van der Waals surface area contributed by atoms with Crippen LogP contribution in [0.3, 0.4) is 0 Å². The summed E-state index contributed by atoms with van der Waals surface area (Å²) in [6.07, 6.45) is 1.69. The SMILES string of the molecule is Cc1ccc(NC(=O)CSc2nccc(-c3ccc(Cl)cc3)n2)cc1. The molecular formula is C19H16ClN3OS. The summed E-state index contributed by atoms with van der Waals surface area (Å²) in [7, 11) is 0. The highest BCUT2D eigenvalue weighted by Crippen LogP contribution is 2.22. The maximum atomic E-state index is 12.1. The number of benzene rings is 2. The molecule has 4 nitrogen and oxygen atoms in total. The first-order valence-corrected chi connectivity index (χ1v) is 9.05. The molecule has 6 heteroatoms. The maximum Gasteiger partial charge on any atom is 0.234 e. The number of hydrogen-bond donors (Lipinski definition) is 1. The number of aryl methyl sites for hydroxylation is 1. The van der Waals surface area contributed by atoms with Crippen molar-refractivity contribution in [3.8, 4) is 11.3 Å². The number of hydrogen-bond acceptors (Lipinski definition) is 4. The molecule has 0 fully saturated rings. The van der Waals surface area contributed by atoms with Gasteiger partial charge in [0.2, 0.25) is 5.91 Å². The van der Waals surface area contributed by atoms with Crippen LogP contribution in [0.4, 0.5) is 5.69 Å². The highest BCUT2D eigenvalue weighted by atomic mass is 35.5. The first kappa shape index (κ1) is 17.5. The molecule has 0 saturated heterocycles. The third-order valence-corrected chi connectivity index (χ3v) is 4.55. The van der Waals surface area contributed by atoms with E-state index in [9.17, 15) is 4.79 Å². The van der Waals surface area contributed by atoms with Crippen LogP contribution < -0.4 is 5.32 Å². The zero-order valence-electron chi connectivity index (χ0n) is 13.6. The molecule has 1 heterocycles. The summed E-state index contributed by atoms with van der Waals surface area (Å²) < 4.78 is 0. The van der Waals surface area contributed by atoms with Gasteiger partial charge >= 0.3 is 0 Å². The summed E-state index contributed by atoms with van der Waals surface area (Å²) in [6, 6.07) is 17.0. The molecule has 0 spiro atoms. The molecule has 0 unspecified atom stereocenters. The van der Waals surface area contributed by atoms with E-state index in [-0.39, 0.29) is 11.7 Å². The summed E-state index contributed by atoms with van der Waals surface area (Å²) in [5, 5.41) is 4.10. The molecule has 126 valence electrons. The van der Waals surface area contributed by atoms with E-state index in [4.69, 9.17) is 11.6 Å². The van der Waals surface area contributed by atoms with Crippen LogP contribution in [0.5, 0.6) is 0 Å². The number of nitrogens with zero attached hydrogens (tertiary/aromatic N) is 2. The van der Waals surface area contributed by atoms with Crippen molar-refractivity contribution < 1.29 is 4.79 Å². The van der Waals surface area contributed by atoms with E-state index in [1.54, 1.807) is 6.20 Å². The van der Waals surface area contributed by atoms with E-state index in [1.807, 2.05) is 61.5 Å². The number of carbonyl (C=O) groups excluding carboxylic acids is 1. The summed E-state index contributed by atoms with van der Waals surface area (Å²) in [6.45, 7) is 2.01. The second-order valence-corrected chi connectivity index (χ2v) is 6.81. The lowest BCUT2D eigenvalue weighted by molar-refractivity contribution is -0.113. The highest BCUT2D eigenvalue weighted by molar-refractivity contribution is 7.99. The molecule has 1 aromatic heterocycles. The topological polar surface area (TPSA) is 54.9 Å². The molecule has 2 aromatic carbocycles. The predicted octanol–water partition coefficient (Wildman–Crippen LogP) is 4.84. The van der Waals surface area contributed by atoms with Crippen LogP contribution in [0.2, 0.25) is 5.02 Å². The monoisotopic (exact) mass is 369 g/mol. The van der Waals surface area contributed by atoms with E-state index in [0.717, 1.165) is 22.5 Å². The minimum Gasteiger partial charge on any atom is -0.325 e. The average molecular weight is 370 g/mol.